The van der Waals surface area contributed by atoms with Gasteiger partial charge in [0.2, 0.25) is 5.88 Å². The van der Waals surface area contributed by atoms with E-state index in [1.165, 1.54) is 5.70 Å². The van der Waals surface area contributed by atoms with Crippen molar-refractivity contribution in [3.05, 3.63) is 48.2 Å². The molecule has 0 bridgehead atoms. The number of para-hydroxylation sites is 1. The molecule has 0 aliphatic carbocycles. The van der Waals surface area contributed by atoms with Gasteiger partial charge in [-0.05, 0) is 18.6 Å². The van der Waals surface area contributed by atoms with Gasteiger partial charge >= 0.3 is 0 Å². The third kappa shape index (κ3) is 2.16. The minimum atomic E-state index is 0.599. The van der Waals surface area contributed by atoms with Gasteiger partial charge in [-0.15, -0.1) is 0 Å². The van der Waals surface area contributed by atoms with Crippen molar-refractivity contribution in [3.63, 3.8) is 0 Å². The van der Waals surface area contributed by atoms with Gasteiger partial charge in [0.25, 0.3) is 0 Å². The van der Waals surface area contributed by atoms with E-state index in [2.05, 4.69) is 29.1 Å². The van der Waals surface area contributed by atoms with E-state index in [4.69, 9.17) is 4.74 Å². The summed E-state index contributed by atoms with van der Waals surface area (Å²) in [6.45, 7) is 1.69. The van der Waals surface area contributed by atoms with Crippen LogP contribution in [0.15, 0.2) is 48.2 Å². The number of likely N-dealkylation sites (N-methyl/N-ethyl adjacent to an activating group) is 1. The Balaban J connectivity index is 1.75. The number of rotatable bonds is 3. The molecule has 1 aromatic carbocycles. The lowest BCUT2D eigenvalue weighted by Crippen LogP contribution is -2.18. The van der Waals surface area contributed by atoms with E-state index in [1.54, 1.807) is 0 Å². The van der Waals surface area contributed by atoms with Crippen LogP contribution in [0.25, 0.3) is 10.9 Å². The van der Waals surface area contributed by atoms with Gasteiger partial charge in [-0.2, -0.15) is 0 Å². The molecule has 0 radical (unpaired) electrons. The highest BCUT2D eigenvalue weighted by Crippen LogP contribution is 2.18. The molecule has 2 heterocycles. The topological polar surface area (TPSA) is 25.4 Å². The number of aromatic nitrogens is 1. The van der Waals surface area contributed by atoms with Crippen molar-refractivity contribution >= 4 is 10.9 Å². The highest BCUT2D eigenvalue weighted by Gasteiger charge is 2.11. The molecule has 1 aromatic heterocycles. The molecule has 3 nitrogen and oxygen atoms in total. The van der Waals surface area contributed by atoms with Crippen LogP contribution >= 0.6 is 0 Å². The summed E-state index contributed by atoms with van der Waals surface area (Å²) in [7, 11) is 2.09. The Kier molecular flexibility index (Phi) is 2.89. The molecule has 0 unspecified atom stereocenters. The van der Waals surface area contributed by atoms with Crippen molar-refractivity contribution in [1.29, 1.82) is 0 Å². The lowest BCUT2D eigenvalue weighted by atomic mass is 10.2. The van der Waals surface area contributed by atoms with Crippen LogP contribution in [0, 0.1) is 0 Å². The van der Waals surface area contributed by atoms with Crippen molar-refractivity contribution in [2.24, 2.45) is 0 Å². The summed E-state index contributed by atoms with van der Waals surface area (Å²) in [6, 6.07) is 12.0. The van der Waals surface area contributed by atoms with Crippen LogP contribution in [-0.2, 0) is 0 Å². The van der Waals surface area contributed by atoms with E-state index in [0.29, 0.717) is 12.5 Å². The maximum absolute atomic E-state index is 5.75. The summed E-state index contributed by atoms with van der Waals surface area (Å²) in [5.41, 5.74) is 2.22. The van der Waals surface area contributed by atoms with E-state index >= 15 is 0 Å². The maximum Gasteiger partial charge on any atom is 0.214 e. The van der Waals surface area contributed by atoms with Gasteiger partial charge in [-0.25, -0.2) is 4.98 Å². The Morgan fingerprint density at radius 1 is 1.22 bits per heavy atom. The lowest BCUT2D eigenvalue weighted by molar-refractivity contribution is 0.296. The van der Waals surface area contributed by atoms with E-state index < -0.39 is 0 Å². The van der Waals surface area contributed by atoms with Crippen LogP contribution in [0.5, 0.6) is 5.88 Å². The Morgan fingerprint density at radius 2 is 2.11 bits per heavy atom. The molecule has 3 heteroatoms. The summed E-state index contributed by atoms with van der Waals surface area (Å²) in [4.78, 5) is 6.72. The predicted molar refractivity (Wildman–Crippen MR) is 72.6 cm³/mol. The molecule has 1 aliphatic heterocycles. The number of nitrogens with zero attached hydrogens (tertiary/aromatic N) is 2. The first kappa shape index (κ1) is 11.1. The molecular weight excluding hydrogens is 224 g/mol. The van der Waals surface area contributed by atoms with Gasteiger partial charge in [0, 0.05) is 30.7 Å². The molecule has 18 heavy (non-hydrogen) atoms. The summed E-state index contributed by atoms with van der Waals surface area (Å²) < 4.78 is 5.75. The first-order valence-electron chi connectivity index (χ1n) is 6.22. The number of benzene rings is 1. The monoisotopic (exact) mass is 240 g/mol. The van der Waals surface area contributed by atoms with Gasteiger partial charge < -0.3 is 9.64 Å². The molecule has 0 amide bonds. The Hall–Kier alpha value is -2.03. The lowest BCUT2D eigenvalue weighted by Gasteiger charge is -2.16. The summed E-state index contributed by atoms with van der Waals surface area (Å²) >= 11 is 0. The van der Waals surface area contributed by atoms with Gasteiger partial charge in [0.1, 0.15) is 6.61 Å². The standard InChI is InChI=1S/C15H16N2O/c1-17-10-4-6-13(17)11-18-15-9-8-12-5-2-3-7-14(12)16-15/h2-3,5-9H,4,10-11H2,1H3. The normalized spacial score (nSPS) is 14.9. The van der Waals surface area contributed by atoms with Gasteiger partial charge in [0.05, 0.1) is 5.52 Å². The van der Waals surface area contributed by atoms with Crippen LogP contribution in [0.3, 0.4) is 0 Å². The molecule has 0 saturated heterocycles. The molecule has 0 spiro atoms. The first-order valence-corrected chi connectivity index (χ1v) is 6.22. The number of pyridine rings is 1. The third-order valence-corrected chi connectivity index (χ3v) is 3.28. The summed E-state index contributed by atoms with van der Waals surface area (Å²) in [5, 5.41) is 1.14. The van der Waals surface area contributed by atoms with E-state index in [0.717, 1.165) is 23.9 Å². The molecule has 0 fully saturated rings. The van der Waals surface area contributed by atoms with Crippen LogP contribution in [-0.4, -0.2) is 30.1 Å². The Bertz CT molecular complexity index is 592. The molecule has 0 atom stereocenters. The fraction of sp³-hybridized carbons (Fsp3) is 0.267. The molecule has 0 saturated carbocycles. The fourth-order valence-electron chi connectivity index (χ4n) is 2.17. The largest absolute Gasteiger partial charge is 0.471 e. The Morgan fingerprint density at radius 3 is 2.94 bits per heavy atom. The summed E-state index contributed by atoms with van der Waals surface area (Å²) in [5.74, 6) is 0.690. The Labute approximate surface area is 107 Å². The highest BCUT2D eigenvalue weighted by molar-refractivity contribution is 5.78. The average Bonchev–Trinajstić information content (AvgIpc) is 2.82. The first-order chi connectivity index (χ1) is 8.83. The summed E-state index contributed by atoms with van der Waals surface area (Å²) in [6.07, 6.45) is 3.33. The van der Waals surface area contributed by atoms with Gasteiger partial charge in [-0.1, -0.05) is 24.3 Å². The van der Waals surface area contributed by atoms with Gasteiger partial charge in [-0.3, -0.25) is 0 Å². The average molecular weight is 240 g/mol. The van der Waals surface area contributed by atoms with Crippen molar-refractivity contribution < 1.29 is 4.74 Å². The molecular formula is C15H16N2O. The van der Waals surface area contributed by atoms with Crippen LogP contribution < -0.4 is 4.74 Å². The number of fused-ring (bicyclic) bond motifs is 1. The molecule has 0 N–H and O–H groups in total. The van der Waals surface area contributed by atoms with E-state index in [1.807, 2.05) is 30.3 Å². The highest BCUT2D eigenvalue weighted by atomic mass is 16.5. The zero-order valence-corrected chi connectivity index (χ0v) is 10.5. The maximum atomic E-state index is 5.75. The quantitative estimate of drug-likeness (QED) is 0.825. The van der Waals surface area contributed by atoms with Crippen molar-refractivity contribution in [2.45, 2.75) is 6.42 Å². The van der Waals surface area contributed by atoms with Crippen LogP contribution in [0.2, 0.25) is 0 Å². The minimum absolute atomic E-state index is 0.599. The molecule has 2 aromatic rings. The minimum Gasteiger partial charge on any atom is -0.471 e. The van der Waals surface area contributed by atoms with Gasteiger partial charge in [0.15, 0.2) is 0 Å². The fourth-order valence-corrected chi connectivity index (χ4v) is 2.17. The molecule has 3 rings (SSSR count). The van der Waals surface area contributed by atoms with Crippen LogP contribution in [0.4, 0.5) is 0 Å². The van der Waals surface area contributed by atoms with Crippen molar-refractivity contribution in [2.75, 3.05) is 20.2 Å². The second-order valence-electron chi connectivity index (χ2n) is 4.54. The number of hydrogen-bond donors (Lipinski definition) is 0. The van der Waals surface area contributed by atoms with Crippen molar-refractivity contribution in [3.8, 4) is 5.88 Å². The SMILES string of the molecule is CN1CCC=C1COc1ccc2ccccc2n1. The smallest absolute Gasteiger partial charge is 0.214 e. The van der Waals surface area contributed by atoms with E-state index in [9.17, 15) is 0 Å². The number of hydrogen-bond acceptors (Lipinski definition) is 3. The predicted octanol–water partition coefficient (Wildman–Crippen LogP) is 2.83. The number of ether oxygens (including phenoxy) is 1. The van der Waals surface area contributed by atoms with E-state index in [-0.39, 0.29) is 0 Å². The van der Waals surface area contributed by atoms with Crippen LogP contribution in [0.1, 0.15) is 6.42 Å². The second-order valence-corrected chi connectivity index (χ2v) is 4.54. The second kappa shape index (κ2) is 4.69. The molecule has 92 valence electrons. The zero-order chi connectivity index (χ0) is 12.4. The zero-order valence-electron chi connectivity index (χ0n) is 10.5. The molecule has 1 aliphatic rings. The van der Waals surface area contributed by atoms with Crippen molar-refractivity contribution in [1.82, 2.24) is 9.88 Å². The third-order valence-electron chi connectivity index (χ3n) is 3.28.